The average Bonchev–Trinajstić information content (AvgIpc) is 2.66. The molecule has 0 spiro atoms. The second-order valence-corrected chi connectivity index (χ2v) is 6.65. The van der Waals surface area contributed by atoms with Gasteiger partial charge in [-0.05, 0) is 25.2 Å². The molecule has 1 fully saturated rings. The highest BCUT2D eigenvalue weighted by atomic mass is 28.3. The van der Waals surface area contributed by atoms with Crippen LogP contribution < -0.4 is 0 Å². The van der Waals surface area contributed by atoms with Crippen molar-refractivity contribution in [2.24, 2.45) is 5.92 Å². The molecule has 2 aliphatic carbocycles. The molecular formula is C9H16O2Si. The van der Waals surface area contributed by atoms with Crippen molar-refractivity contribution in [3.63, 3.8) is 0 Å². The third-order valence-electron chi connectivity index (χ3n) is 3.22. The van der Waals surface area contributed by atoms with E-state index in [1.54, 1.807) is 14.2 Å². The van der Waals surface area contributed by atoms with Crippen LogP contribution >= 0.6 is 0 Å². The molecule has 0 N–H and O–H groups in total. The largest absolute Gasteiger partial charge is 0.399 e. The first-order valence-electron chi connectivity index (χ1n) is 4.56. The van der Waals surface area contributed by atoms with E-state index in [0.717, 1.165) is 5.92 Å². The van der Waals surface area contributed by atoms with Crippen LogP contribution in [0.5, 0.6) is 0 Å². The molecule has 0 amide bonds. The molecule has 0 saturated heterocycles. The summed E-state index contributed by atoms with van der Waals surface area (Å²) < 4.78 is 10.9. The Morgan fingerprint density at radius 1 is 1.42 bits per heavy atom. The molecule has 0 aromatic carbocycles. The van der Waals surface area contributed by atoms with Crippen molar-refractivity contribution in [2.75, 3.05) is 14.2 Å². The molecule has 0 radical (unpaired) electrons. The van der Waals surface area contributed by atoms with Gasteiger partial charge >= 0.3 is 9.28 Å². The van der Waals surface area contributed by atoms with Crippen LogP contribution in [0.15, 0.2) is 12.2 Å². The molecule has 2 aliphatic rings. The van der Waals surface area contributed by atoms with Crippen molar-refractivity contribution in [1.82, 2.24) is 0 Å². The Labute approximate surface area is 75.4 Å². The molecule has 2 bridgehead atoms. The zero-order valence-electron chi connectivity index (χ0n) is 7.75. The van der Waals surface area contributed by atoms with Crippen LogP contribution in [-0.4, -0.2) is 23.5 Å². The van der Waals surface area contributed by atoms with Crippen LogP contribution in [0.25, 0.3) is 0 Å². The van der Waals surface area contributed by atoms with E-state index in [-0.39, 0.29) is 0 Å². The molecule has 0 aromatic rings. The summed E-state index contributed by atoms with van der Waals surface area (Å²) in [6.45, 7) is 0. The Bertz CT molecular complexity index is 201. The molecule has 2 nitrogen and oxygen atoms in total. The first-order chi connectivity index (χ1) is 5.80. The van der Waals surface area contributed by atoms with E-state index in [0.29, 0.717) is 5.04 Å². The normalized spacial score (nSPS) is 38.4. The second-order valence-electron chi connectivity index (χ2n) is 3.90. The SMILES string of the molecule is CO[SiH](OC)C12C=CC(CC1)C2. The Kier molecular flexibility index (Phi) is 2.10. The molecule has 3 heteroatoms. The number of allylic oxidation sites excluding steroid dienone is 2. The predicted molar refractivity (Wildman–Crippen MR) is 50.3 cm³/mol. The highest BCUT2D eigenvalue weighted by molar-refractivity contribution is 6.49. The van der Waals surface area contributed by atoms with Crippen LogP contribution in [-0.2, 0) is 8.85 Å². The third kappa shape index (κ3) is 1.08. The molecule has 2 atom stereocenters. The van der Waals surface area contributed by atoms with Gasteiger partial charge in [0.1, 0.15) is 0 Å². The first-order valence-corrected chi connectivity index (χ1v) is 6.08. The quantitative estimate of drug-likeness (QED) is 0.490. The summed E-state index contributed by atoms with van der Waals surface area (Å²) in [6.07, 6.45) is 8.61. The smallest absolute Gasteiger partial charge is 0.331 e. The number of rotatable bonds is 3. The maximum atomic E-state index is 5.47. The first kappa shape index (κ1) is 8.47. The Morgan fingerprint density at radius 3 is 2.50 bits per heavy atom. The standard InChI is InChI=1S/C9H16O2Si/c1-10-12(11-2)9-5-3-8(7-9)4-6-9/h3,5,8,12H,4,6-7H2,1-2H3. The van der Waals surface area contributed by atoms with E-state index in [4.69, 9.17) is 8.85 Å². The van der Waals surface area contributed by atoms with Crippen molar-refractivity contribution in [3.05, 3.63) is 12.2 Å². The van der Waals surface area contributed by atoms with Gasteiger partial charge < -0.3 is 8.85 Å². The lowest BCUT2D eigenvalue weighted by molar-refractivity contribution is 0.251. The van der Waals surface area contributed by atoms with Gasteiger partial charge in [0.15, 0.2) is 0 Å². The van der Waals surface area contributed by atoms with Crippen LogP contribution in [0.4, 0.5) is 0 Å². The molecule has 0 aliphatic heterocycles. The minimum absolute atomic E-state index is 0.341. The lowest BCUT2D eigenvalue weighted by Crippen LogP contribution is -2.33. The Morgan fingerprint density at radius 2 is 2.17 bits per heavy atom. The van der Waals surface area contributed by atoms with Gasteiger partial charge in [-0.2, -0.15) is 0 Å². The van der Waals surface area contributed by atoms with Gasteiger partial charge in [-0.15, -0.1) is 0 Å². The van der Waals surface area contributed by atoms with Gasteiger partial charge in [-0.3, -0.25) is 0 Å². The van der Waals surface area contributed by atoms with E-state index in [1.807, 2.05) is 0 Å². The van der Waals surface area contributed by atoms with Gasteiger partial charge in [0.2, 0.25) is 0 Å². The van der Waals surface area contributed by atoms with E-state index >= 15 is 0 Å². The minimum atomic E-state index is -1.43. The van der Waals surface area contributed by atoms with Gasteiger partial charge in [0.25, 0.3) is 0 Å². The zero-order valence-corrected chi connectivity index (χ0v) is 8.90. The van der Waals surface area contributed by atoms with Crippen LogP contribution in [0.3, 0.4) is 0 Å². The molecule has 0 aromatic heterocycles. The second kappa shape index (κ2) is 2.98. The monoisotopic (exact) mass is 184 g/mol. The fourth-order valence-corrected chi connectivity index (χ4v) is 4.95. The van der Waals surface area contributed by atoms with Gasteiger partial charge in [0.05, 0.1) is 0 Å². The highest BCUT2D eigenvalue weighted by Crippen LogP contribution is 2.56. The van der Waals surface area contributed by atoms with Crippen molar-refractivity contribution < 1.29 is 8.85 Å². The minimum Gasteiger partial charge on any atom is -0.399 e. The van der Waals surface area contributed by atoms with Gasteiger partial charge in [-0.1, -0.05) is 12.2 Å². The van der Waals surface area contributed by atoms with Crippen molar-refractivity contribution in [2.45, 2.75) is 24.3 Å². The molecule has 2 unspecified atom stereocenters. The molecule has 68 valence electrons. The van der Waals surface area contributed by atoms with E-state index in [2.05, 4.69) is 12.2 Å². The zero-order chi connectivity index (χ0) is 8.60. The summed E-state index contributed by atoms with van der Waals surface area (Å²) in [5, 5.41) is 0.341. The predicted octanol–water partition coefficient (Wildman–Crippen LogP) is 1.61. The van der Waals surface area contributed by atoms with Crippen LogP contribution in [0.2, 0.25) is 5.04 Å². The average molecular weight is 184 g/mol. The summed E-state index contributed by atoms with van der Waals surface area (Å²) in [7, 11) is 2.15. The van der Waals surface area contributed by atoms with Crippen LogP contribution in [0.1, 0.15) is 19.3 Å². The maximum Gasteiger partial charge on any atom is 0.331 e. The number of hydrogen-bond donors (Lipinski definition) is 0. The molecule has 2 rings (SSSR count). The number of hydrogen-bond acceptors (Lipinski definition) is 2. The van der Waals surface area contributed by atoms with Crippen molar-refractivity contribution in [1.29, 1.82) is 0 Å². The van der Waals surface area contributed by atoms with E-state index < -0.39 is 9.28 Å². The Hall–Kier alpha value is -0.123. The molecule has 1 saturated carbocycles. The summed E-state index contributed by atoms with van der Waals surface area (Å²) >= 11 is 0. The summed E-state index contributed by atoms with van der Waals surface area (Å²) in [6, 6.07) is 0. The van der Waals surface area contributed by atoms with E-state index in [1.165, 1.54) is 19.3 Å². The third-order valence-corrected chi connectivity index (χ3v) is 5.73. The lowest BCUT2D eigenvalue weighted by Gasteiger charge is -2.28. The van der Waals surface area contributed by atoms with Crippen LogP contribution in [0, 0.1) is 5.92 Å². The van der Waals surface area contributed by atoms with Gasteiger partial charge in [0, 0.05) is 19.3 Å². The highest BCUT2D eigenvalue weighted by Gasteiger charge is 2.48. The summed E-state index contributed by atoms with van der Waals surface area (Å²) in [5.74, 6) is 0.824. The summed E-state index contributed by atoms with van der Waals surface area (Å²) in [5.41, 5.74) is 0. The van der Waals surface area contributed by atoms with Crippen molar-refractivity contribution >= 4 is 9.28 Å². The Balaban J connectivity index is 2.15. The number of fused-ring (bicyclic) bond motifs is 2. The maximum absolute atomic E-state index is 5.47. The molecule has 12 heavy (non-hydrogen) atoms. The van der Waals surface area contributed by atoms with E-state index in [9.17, 15) is 0 Å². The van der Waals surface area contributed by atoms with Crippen molar-refractivity contribution in [3.8, 4) is 0 Å². The lowest BCUT2D eigenvalue weighted by atomic mass is 10.1. The molecular weight excluding hydrogens is 168 g/mol. The fourth-order valence-electron chi connectivity index (χ4n) is 2.65. The fraction of sp³-hybridized carbons (Fsp3) is 0.778. The van der Waals surface area contributed by atoms with Gasteiger partial charge in [-0.25, -0.2) is 0 Å². The topological polar surface area (TPSA) is 18.5 Å². The summed E-state index contributed by atoms with van der Waals surface area (Å²) in [4.78, 5) is 0. The molecule has 0 heterocycles.